The third kappa shape index (κ3) is 4.55. The number of anilines is 1. The van der Waals surface area contributed by atoms with Gasteiger partial charge in [0.05, 0.1) is 34.9 Å². The number of hydrogen-bond acceptors (Lipinski definition) is 7. The van der Waals surface area contributed by atoms with E-state index in [9.17, 15) is 4.79 Å². The Morgan fingerprint density at radius 1 is 0.902 bits per heavy atom. The number of aromatic nitrogens is 8. The Morgan fingerprint density at radius 3 is 2.63 bits per heavy atom. The molecule has 7 aromatic rings. The molecule has 0 bridgehead atoms. The van der Waals surface area contributed by atoms with Crippen molar-refractivity contribution in [2.45, 2.75) is 6.42 Å². The molecule has 0 aliphatic carbocycles. The van der Waals surface area contributed by atoms with Crippen molar-refractivity contribution in [3.8, 4) is 34.0 Å². The molecule has 6 heterocycles. The van der Waals surface area contributed by atoms with Gasteiger partial charge in [-0.05, 0) is 29.8 Å². The second-order valence-electron chi connectivity index (χ2n) is 9.31. The van der Waals surface area contributed by atoms with Crippen molar-refractivity contribution in [2.24, 2.45) is 0 Å². The highest BCUT2D eigenvalue weighted by Gasteiger charge is 2.22. The van der Waals surface area contributed by atoms with Gasteiger partial charge in [0.25, 0.3) is 0 Å². The lowest BCUT2D eigenvalue weighted by Gasteiger charge is -2.08. The van der Waals surface area contributed by atoms with Gasteiger partial charge < -0.3 is 10.3 Å². The van der Waals surface area contributed by atoms with E-state index in [1.54, 1.807) is 24.5 Å². The number of amides is 1. The van der Waals surface area contributed by atoms with Crippen LogP contribution < -0.4 is 5.32 Å². The Morgan fingerprint density at radius 2 is 1.78 bits per heavy atom. The highest BCUT2D eigenvalue weighted by Crippen LogP contribution is 2.34. The second-order valence-corrected chi connectivity index (χ2v) is 9.31. The van der Waals surface area contributed by atoms with Crippen molar-refractivity contribution in [2.75, 3.05) is 5.32 Å². The second kappa shape index (κ2) is 10.0. The number of imidazole rings is 1. The molecule has 198 valence electrons. The van der Waals surface area contributed by atoms with Crippen LogP contribution in [0.1, 0.15) is 5.56 Å². The Kier molecular flexibility index (Phi) is 5.93. The van der Waals surface area contributed by atoms with E-state index >= 15 is 4.39 Å². The van der Waals surface area contributed by atoms with Crippen LogP contribution in [0.2, 0.25) is 0 Å². The number of fused-ring (bicyclic) bond motifs is 2. The van der Waals surface area contributed by atoms with Gasteiger partial charge in [-0.2, -0.15) is 5.10 Å². The van der Waals surface area contributed by atoms with E-state index < -0.39 is 5.82 Å². The Balaban J connectivity index is 1.24. The summed E-state index contributed by atoms with van der Waals surface area (Å²) >= 11 is 0. The first-order chi connectivity index (χ1) is 20.1. The van der Waals surface area contributed by atoms with Crippen molar-refractivity contribution in [1.82, 2.24) is 40.1 Å². The minimum absolute atomic E-state index is 0.174. The number of benzene rings is 1. The van der Waals surface area contributed by atoms with E-state index in [0.29, 0.717) is 39.5 Å². The largest absolute Gasteiger partial charge is 0.336 e. The molecule has 0 aliphatic rings. The zero-order chi connectivity index (χ0) is 27.8. The maximum Gasteiger partial charge on any atom is 0.228 e. The van der Waals surface area contributed by atoms with Crippen LogP contribution in [0.25, 0.3) is 56.1 Å². The summed E-state index contributed by atoms with van der Waals surface area (Å²) in [5.74, 6) is -0.392. The monoisotopic (exact) mass is 541 g/mol. The van der Waals surface area contributed by atoms with Crippen LogP contribution >= 0.6 is 0 Å². The van der Waals surface area contributed by atoms with Gasteiger partial charge in [-0.1, -0.05) is 36.4 Å². The molecule has 0 saturated heterocycles. The van der Waals surface area contributed by atoms with E-state index in [-0.39, 0.29) is 34.6 Å². The molecule has 41 heavy (non-hydrogen) atoms. The summed E-state index contributed by atoms with van der Waals surface area (Å²) in [5, 5.41) is 10.1. The van der Waals surface area contributed by atoms with Crippen molar-refractivity contribution < 1.29 is 9.18 Å². The third-order valence-corrected chi connectivity index (χ3v) is 6.60. The molecule has 0 aliphatic heterocycles. The van der Waals surface area contributed by atoms with Gasteiger partial charge in [0.1, 0.15) is 22.7 Å². The average Bonchev–Trinajstić information content (AvgIpc) is 3.63. The zero-order valence-electron chi connectivity index (χ0n) is 21.3. The van der Waals surface area contributed by atoms with E-state index in [2.05, 4.69) is 40.4 Å². The summed E-state index contributed by atoms with van der Waals surface area (Å²) in [6, 6.07) is 18.4. The molecule has 10 nitrogen and oxygen atoms in total. The fraction of sp³-hybridized carbons (Fsp3) is 0.0333. The van der Waals surface area contributed by atoms with Crippen LogP contribution in [0, 0.1) is 5.82 Å². The predicted octanol–water partition coefficient (Wildman–Crippen LogP) is 5.34. The maximum absolute atomic E-state index is 16.1. The Labute approximate surface area is 231 Å². The summed E-state index contributed by atoms with van der Waals surface area (Å²) in [7, 11) is 0. The number of aromatic amines is 2. The molecule has 6 aromatic heterocycles. The highest BCUT2D eigenvalue weighted by molar-refractivity contribution is 5.97. The number of nitrogens with zero attached hydrogens (tertiary/aromatic N) is 6. The molecule has 0 unspecified atom stereocenters. The average molecular weight is 542 g/mol. The molecule has 3 N–H and O–H groups in total. The molecule has 0 saturated carbocycles. The summed E-state index contributed by atoms with van der Waals surface area (Å²) in [6.45, 7) is 0. The van der Waals surface area contributed by atoms with Crippen molar-refractivity contribution >= 4 is 33.7 Å². The first-order valence-corrected chi connectivity index (χ1v) is 12.7. The first-order valence-electron chi connectivity index (χ1n) is 12.7. The van der Waals surface area contributed by atoms with Gasteiger partial charge in [0.15, 0.2) is 11.5 Å². The summed E-state index contributed by atoms with van der Waals surface area (Å²) in [6.07, 6.45) is 8.00. The maximum atomic E-state index is 16.1. The number of carbonyl (C=O) groups is 1. The number of nitrogens with one attached hydrogen (secondary N) is 3. The van der Waals surface area contributed by atoms with Gasteiger partial charge in [0.2, 0.25) is 5.91 Å². The van der Waals surface area contributed by atoms with Crippen LogP contribution in [-0.4, -0.2) is 46.0 Å². The molecule has 11 heteroatoms. The van der Waals surface area contributed by atoms with Crippen LogP contribution in [0.5, 0.6) is 0 Å². The Hall–Kier alpha value is -5.84. The Bertz CT molecular complexity index is 2040. The summed E-state index contributed by atoms with van der Waals surface area (Å²) in [4.78, 5) is 38.0. The summed E-state index contributed by atoms with van der Waals surface area (Å²) in [5.41, 5.74) is 5.10. The number of rotatable bonds is 6. The molecule has 7 rings (SSSR count). The van der Waals surface area contributed by atoms with E-state index in [1.165, 1.54) is 18.6 Å². The standard InChI is InChI=1S/C30H20FN9O/c31-25-20(18-13-19(15-32-14-18)36-23(41)12-17-6-2-1-3-7-17)16-35-29-24(25)28(39-40-29)30-37-22-9-11-34-26(27(22)38-30)21-8-4-5-10-33-21/h1-11,13-16H,12H2,(H,36,41)(H,37,38)(H,35,39,40). The van der Waals surface area contributed by atoms with Crippen LogP contribution in [0.15, 0.2) is 91.6 Å². The van der Waals surface area contributed by atoms with Gasteiger partial charge in [0, 0.05) is 35.9 Å². The number of pyridine rings is 4. The number of halogens is 1. The minimum atomic E-state index is -0.545. The first kappa shape index (κ1) is 24.2. The lowest BCUT2D eigenvalue weighted by Crippen LogP contribution is -2.14. The van der Waals surface area contributed by atoms with Crippen LogP contribution in [-0.2, 0) is 11.2 Å². The molecular weight excluding hydrogens is 521 g/mol. The highest BCUT2D eigenvalue weighted by atomic mass is 19.1. The predicted molar refractivity (Wildman–Crippen MR) is 152 cm³/mol. The smallest absolute Gasteiger partial charge is 0.228 e. The topological polar surface area (TPSA) is 138 Å². The number of hydrogen-bond donors (Lipinski definition) is 3. The molecule has 1 aromatic carbocycles. The fourth-order valence-corrected chi connectivity index (χ4v) is 4.71. The third-order valence-electron chi connectivity index (χ3n) is 6.60. The van der Waals surface area contributed by atoms with Crippen molar-refractivity contribution in [3.63, 3.8) is 0 Å². The minimum Gasteiger partial charge on any atom is -0.336 e. The lowest BCUT2D eigenvalue weighted by atomic mass is 10.1. The molecule has 0 spiro atoms. The zero-order valence-corrected chi connectivity index (χ0v) is 21.3. The van der Waals surface area contributed by atoms with Crippen LogP contribution in [0.4, 0.5) is 10.1 Å². The van der Waals surface area contributed by atoms with Gasteiger partial charge in [-0.15, -0.1) is 0 Å². The van der Waals surface area contributed by atoms with Crippen LogP contribution in [0.3, 0.4) is 0 Å². The van der Waals surface area contributed by atoms with E-state index in [1.807, 2.05) is 48.5 Å². The quantitative estimate of drug-likeness (QED) is 0.258. The molecule has 0 radical (unpaired) electrons. The van der Waals surface area contributed by atoms with E-state index in [4.69, 9.17) is 4.98 Å². The van der Waals surface area contributed by atoms with Gasteiger partial charge >= 0.3 is 0 Å². The molecule has 1 amide bonds. The molecule has 0 atom stereocenters. The van der Waals surface area contributed by atoms with Crippen molar-refractivity contribution in [3.05, 3.63) is 103 Å². The number of H-pyrrole nitrogens is 2. The van der Waals surface area contributed by atoms with Gasteiger partial charge in [-0.3, -0.25) is 24.8 Å². The van der Waals surface area contributed by atoms with Crippen molar-refractivity contribution in [1.29, 1.82) is 0 Å². The SMILES string of the molecule is O=C(Cc1ccccc1)Nc1cncc(-c2cnc3[nH]nc(-c4nc5c(-c6ccccn6)nccc5[nH]4)c3c2F)c1. The normalized spacial score (nSPS) is 11.2. The summed E-state index contributed by atoms with van der Waals surface area (Å²) < 4.78 is 16.1. The van der Waals surface area contributed by atoms with E-state index in [0.717, 1.165) is 5.56 Å². The van der Waals surface area contributed by atoms with Gasteiger partial charge in [-0.25, -0.2) is 14.4 Å². The lowest BCUT2D eigenvalue weighted by molar-refractivity contribution is -0.115. The number of carbonyl (C=O) groups excluding carboxylic acids is 1. The molecule has 0 fully saturated rings. The molecular formula is C30H20FN9O. The fourth-order valence-electron chi connectivity index (χ4n) is 4.71.